The molecule has 7 heteroatoms. The number of aryl methyl sites for hydroxylation is 1. The highest BCUT2D eigenvalue weighted by Crippen LogP contribution is 2.27. The fourth-order valence-electron chi connectivity index (χ4n) is 2.39. The Kier molecular flexibility index (Phi) is 5.38. The van der Waals surface area contributed by atoms with Gasteiger partial charge in [-0.15, -0.1) is 0 Å². The molecule has 0 bridgehead atoms. The minimum Gasteiger partial charge on any atom is -0.329 e. The monoisotopic (exact) mass is 387 g/mol. The molecule has 0 aliphatic heterocycles. The lowest BCUT2D eigenvalue weighted by Crippen LogP contribution is -2.12. The van der Waals surface area contributed by atoms with Crippen LogP contribution < -0.4 is 4.72 Å². The zero-order chi connectivity index (χ0) is 18.7. The van der Waals surface area contributed by atoms with E-state index < -0.39 is 10.0 Å². The van der Waals surface area contributed by atoms with Crippen LogP contribution in [0.5, 0.6) is 0 Å². The SMILES string of the molecule is CC(C)c1ccc(S(=O)(=O)Nc2ccc(Sc3nccn3C)cc2)cc1. The van der Waals surface area contributed by atoms with Crippen LogP contribution in [0.1, 0.15) is 25.3 Å². The Labute approximate surface area is 158 Å². The molecular weight excluding hydrogens is 366 g/mol. The normalized spacial score (nSPS) is 11.7. The van der Waals surface area contributed by atoms with Crippen LogP contribution in [0.4, 0.5) is 5.69 Å². The zero-order valence-corrected chi connectivity index (χ0v) is 16.5. The van der Waals surface area contributed by atoms with Crippen molar-refractivity contribution in [2.75, 3.05) is 4.72 Å². The van der Waals surface area contributed by atoms with Crippen LogP contribution >= 0.6 is 11.8 Å². The van der Waals surface area contributed by atoms with Crippen molar-refractivity contribution >= 4 is 27.5 Å². The number of rotatable bonds is 6. The maximum atomic E-state index is 12.5. The van der Waals surface area contributed by atoms with Crippen LogP contribution in [0.2, 0.25) is 0 Å². The van der Waals surface area contributed by atoms with Gasteiger partial charge in [-0.3, -0.25) is 4.72 Å². The number of nitrogens with zero attached hydrogens (tertiary/aromatic N) is 2. The molecule has 0 fully saturated rings. The van der Waals surface area contributed by atoms with Crippen LogP contribution in [0, 0.1) is 0 Å². The van der Waals surface area contributed by atoms with E-state index in [9.17, 15) is 8.42 Å². The average Bonchev–Trinajstić information content (AvgIpc) is 3.01. The predicted octanol–water partition coefficient (Wildman–Crippen LogP) is 4.50. The standard InChI is InChI=1S/C19H21N3O2S2/c1-14(2)15-4-10-18(11-5-15)26(23,24)21-16-6-8-17(9-7-16)25-19-20-12-13-22(19)3/h4-14,21H,1-3H3. The van der Waals surface area contributed by atoms with Crippen molar-refractivity contribution in [3.63, 3.8) is 0 Å². The van der Waals surface area contributed by atoms with Gasteiger partial charge in [0.15, 0.2) is 5.16 Å². The fraction of sp³-hybridized carbons (Fsp3) is 0.211. The number of nitrogens with one attached hydrogen (secondary N) is 1. The van der Waals surface area contributed by atoms with E-state index in [1.54, 1.807) is 30.5 Å². The zero-order valence-electron chi connectivity index (χ0n) is 14.9. The van der Waals surface area contributed by atoms with Gasteiger partial charge in [0.25, 0.3) is 10.0 Å². The van der Waals surface area contributed by atoms with E-state index in [1.165, 1.54) is 11.8 Å². The Balaban J connectivity index is 1.72. The first-order chi connectivity index (χ1) is 12.3. The Morgan fingerprint density at radius 1 is 1.04 bits per heavy atom. The Hall–Kier alpha value is -2.25. The summed E-state index contributed by atoms with van der Waals surface area (Å²) in [6, 6.07) is 14.2. The summed E-state index contributed by atoms with van der Waals surface area (Å²) in [6.45, 7) is 4.15. The molecule has 1 heterocycles. The minimum atomic E-state index is -3.60. The number of benzene rings is 2. The van der Waals surface area contributed by atoms with Crippen molar-refractivity contribution in [1.82, 2.24) is 9.55 Å². The third-order valence-corrected chi connectivity index (χ3v) is 6.43. The second-order valence-corrected chi connectivity index (χ2v) is 9.00. The van der Waals surface area contributed by atoms with Crippen molar-refractivity contribution in [3.05, 3.63) is 66.5 Å². The van der Waals surface area contributed by atoms with Crippen molar-refractivity contribution < 1.29 is 8.42 Å². The number of imidazole rings is 1. The lowest BCUT2D eigenvalue weighted by Gasteiger charge is -2.10. The van der Waals surface area contributed by atoms with Gasteiger partial charge in [-0.1, -0.05) is 37.7 Å². The summed E-state index contributed by atoms with van der Waals surface area (Å²) in [5.74, 6) is 0.364. The van der Waals surface area contributed by atoms with Gasteiger partial charge in [0.1, 0.15) is 0 Å². The van der Waals surface area contributed by atoms with Crippen molar-refractivity contribution in [1.29, 1.82) is 0 Å². The van der Waals surface area contributed by atoms with Gasteiger partial charge in [0.2, 0.25) is 0 Å². The third-order valence-electron chi connectivity index (χ3n) is 3.95. The summed E-state index contributed by atoms with van der Waals surface area (Å²) in [7, 11) is -1.67. The molecule has 1 aromatic heterocycles. The highest BCUT2D eigenvalue weighted by Gasteiger charge is 2.14. The molecule has 3 aromatic rings. The first-order valence-corrected chi connectivity index (χ1v) is 10.5. The lowest BCUT2D eigenvalue weighted by molar-refractivity contribution is 0.601. The van der Waals surface area contributed by atoms with E-state index in [1.807, 2.05) is 42.1 Å². The first-order valence-electron chi connectivity index (χ1n) is 8.23. The van der Waals surface area contributed by atoms with E-state index in [2.05, 4.69) is 23.6 Å². The smallest absolute Gasteiger partial charge is 0.261 e. The molecule has 26 heavy (non-hydrogen) atoms. The number of anilines is 1. The number of hydrogen-bond acceptors (Lipinski definition) is 4. The van der Waals surface area contributed by atoms with Gasteiger partial charge in [-0.25, -0.2) is 13.4 Å². The summed E-state index contributed by atoms with van der Waals surface area (Å²) in [6.07, 6.45) is 3.63. The molecular formula is C19H21N3O2S2. The maximum absolute atomic E-state index is 12.5. The third kappa shape index (κ3) is 4.28. The summed E-state index contributed by atoms with van der Waals surface area (Å²) in [5.41, 5.74) is 1.64. The molecule has 5 nitrogen and oxygen atoms in total. The summed E-state index contributed by atoms with van der Waals surface area (Å²) < 4.78 is 29.6. The molecule has 0 saturated heterocycles. The minimum absolute atomic E-state index is 0.258. The van der Waals surface area contributed by atoms with Crippen LogP contribution in [0.25, 0.3) is 0 Å². The molecule has 0 aliphatic rings. The maximum Gasteiger partial charge on any atom is 0.261 e. The number of hydrogen-bond donors (Lipinski definition) is 1. The molecule has 0 unspecified atom stereocenters. The molecule has 0 atom stereocenters. The fourth-order valence-corrected chi connectivity index (χ4v) is 4.25. The van der Waals surface area contributed by atoms with Gasteiger partial charge >= 0.3 is 0 Å². The van der Waals surface area contributed by atoms with Gasteiger partial charge in [0.05, 0.1) is 4.90 Å². The van der Waals surface area contributed by atoms with E-state index in [0.717, 1.165) is 15.6 Å². The quantitative estimate of drug-likeness (QED) is 0.677. The Morgan fingerprint density at radius 3 is 2.23 bits per heavy atom. The van der Waals surface area contributed by atoms with Crippen molar-refractivity contribution in [3.8, 4) is 0 Å². The van der Waals surface area contributed by atoms with E-state index >= 15 is 0 Å². The first kappa shape index (κ1) is 18.5. The summed E-state index contributed by atoms with van der Waals surface area (Å²) >= 11 is 1.52. The predicted molar refractivity (Wildman–Crippen MR) is 105 cm³/mol. The van der Waals surface area contributed by atoms with E-state index in [4.69, 9.17) is 0 Å². The molecule has 3 rings (SSSR count). The summed E-state index contributed by atoms with van der Waals surface area (Å²) in [4.78, 5) is 5.51. The van der Waals surface area contributed by atoms with Gasteiger partial charge < -0.3 is 4.57 Å². The highest BCUT2D eigenvalue weighted by atomic mass is 32.2. The molecule has 0 saturated carbocycles. The molecule has 0 spiro atoms. The second-order valence-electron chi connectivity index (χ2n) is 6.28. The molecule has 0 radical (unpaired) electrons. The van der Waals surface area contributed by atoms with Gasteiger partial charge in [-0.05, 0) is 47.9 Å². The largest absolute Gasteiger partial charge is 0.329 e. The van der Waals surface area contributed by atoms with Crippen LogP contribution in [0.15, 0.2) is 75.9 Å². The van der Waals surface area contributed by atoms with Crippen molar-refractivity contribution in [2.24, 2.45) is 7.05 Å². The number of sulfonamides is 1. The molecule has 0 amide bonds. The molecule has 2 aromatic carbocycles. The van der Waals surface area contributed by atoms with E-state index in [0.29, 0.717) is 11.6 Å². The number of aromatic nitrogens is 2. The summed E-state index contributed by atoms with van der Waals surface area (Å²) in [5, 5.41) is 0.878. The molecule has 136 valence electrons. The second kappa shape index (κ2) is 7.55. The average molecular weight is 388 g/mol. The lowest BCUT2D eigenvalue weighted by atomic mass is 10.0. The van der Waals surface area contributed by atoms with Crippen molar-refractivity contribution in [2.45, 2.75) is 34.7 Å². The van der Waals surface area contributed by atoms with Gasteiger partial charge in [-0.2, -0.15) is 0 Å². The Bertz CT molecular complexity index is 976. The van der Waals surface area contributed by atoms with Crippen LogP contribution in [-0.2, 0) is 17.1 Å². The topological polar surface area (TPSA) is 64.0 Å². The highest BCUT2D eigenvalue weighted by molar-refractivity contribution is 7.99. The molecule has 1 N–H and O–H groups in total. The molecule has 0 aliphatic carbocycles. The van der Waals surface area contributed by atoms with Gasteiger partial charge in [0, 0.05) is 30.0 Å². The van der Waals surface area contributed by atoms with E-state index in [-0.39, 0.29) is 4.90 Å². The van der Waals surface area contributed by atoms with Crippen LogP contribution in [0.3, 0.4) is 0 Å². The van der Waals surface area contributed by atoms with Crippen LogP contribution in [-0.4, -0.2) is 18.0 Å². The Morgan fingerprint density at radius 2 is 1.69 bits per heavy atom.